The van der Waals surface area contributed by atoms with Gasteiger partial charge in [-0.05, 0) is 31.4 Å². The molecule has 1 saturated carbocycles. The first-order valence-corrected chi connectivity index (χ1v) is 6.65. The average Bonchev–Trinajstić information content (AvgIpc) is 2.35. The number of anilines is 1. The number of aliphatic imine (C=N–C) groups is 1. The van der Waals surface area contributed by atoms with Crippen LogP contribution in [-0.2, 0) is 15.1 Å². The van der Waals surface area contributed by atoms with Gasteiger partial charge in [-0.3, -0.25) is 4.79 Å². The van der Waals surface area contributed by atoms with Crippen molar-refractivity contribution in [2.24, 2.45) is 4.99 Å². The van der Waals surface area contributed by atoms with Gasteiger partial charge >= 0.3 is 0 Å². The van der Waals surface area contributed by atoms with E-state index in [0.29, 0.717) is 34.9 Å². The lowest BCUT2D eigenvalue weighted by atomic mass is 9.71. The third kappa shape index (κ3) is 2.42. The summed E-state index contributed by atoms with van der Waals surface area (Å²) in [5.41, 5.74) is 0.403. The second-order valence-corrected chi connectivity index (χ2v) is 5.18. The molecule has 20 heavy (non-hydrogen) atoms. The molecule has 0 atom stereocenters. The summed E-state index contributed by atoms with van der Waals surface area (Å²) in [5.74, 6) is 0.253. The Kier molecular flexibility index (Phi) is 4.12. The van der Waals surface area contributed by atoms with Crippen LogP contribution in [0.2, 0.25) is 5.02 Å². The van der Waals surface area contributed by atoms with Crippen molar-refractivity contribution >= 4 is 29.3 Å². The monoisotopic (exact) mass is 294 g/mol. The number of carbonyl (C=O) groups is 1. The maximum atomic E-state index is 11.4. The van der Waals surface area contributed by atoms with E-state index in [4.69, 9.17) is 16.3 Å². The van der Waals surface area contributed by atoms with Gasteiger partial charge in [-0.25, -0.2) is 4.79 Å². The van der Waals surface area contributed by atoms with Crippen LogP contribution in [0.25, 0.3) is 0 Å². The van der Waals surface area contributed by atoms with E-state index in [1.54, 1.807) is 18.2 Å². The topological polar surface area (TPSA) is 67.8 Å². The molecular weight excluding hydrogens is 280 g/mol. The Morgan fingerprint density at radius 1 is 1.50 bits per heavy atom. The molecule has 1 aliphatic carbocycles. The van der Waals surface area contributed by atoms with Crippen molar-refractivity contribution in [2.45, 2.75) is 31.7 Å². The van der Waals surface area contributed by atoms with Gasteiger partial charge in [-0.2, -0.15) is 4.99 Å². The number of isocyanates is 1. The van der Waals surface area contributed by atoms with Crippen molar-refractivity contribution in [3.63, 3.8) is 0 Å². The van der Waals surface area contributed by atoms with Crippen LogP contribution in [0.1, 0.15) is 31.7 Å². The number of hydrogen-bond donors (Lipinski definition) is 1. The summed E-state index contributed by atoms with van der Waals surface area (Å²) in [7, 11) is 1.51. The number of carbonyl (C=O) groups excluding carboxylic acids is 2. The van der Waals surface area contributed by atoms with Gasteiger partial charge in [0.2, 0.25) is 12.0 Å². The Bertz CT molecular complexity index is 590. The first kappa shape index (κ1) is 14.6. The van der Waals surface area contributed by atoms with E-state index in [2.05, 4.69) is 10.3 Å². The van der Waals surface area contributed by atoms with Gasteiger partial charge in [-0.15, -0.1) is 0 Å². The van der Waals surface area contributed by atoms with E-state index in [9.17, 15) is 9.59 Å². The van der Waals surface area contributed by atoms with E-state index in [1.165, 1.54) is 14.0 Å². The lowest BCUT2D eigenvalue weighted by molar-refractivity contribution is -0.114. The fraction of sp³-hybridized carbons (Fsp3) is 0.429. The molecule has 106 valence electrons. The highest BCUT2D eigenvalue weighted by atomic mass is 35.5. The highest BCUT2D eigenvalue weighted by Gasteiger charge is 2.43. The summed E-state index contributed by atoms with van der Waals surface area (Å²) in [6.45, 7) is 1.40. The lowest BCUT2D eigenvalue weighted by Crippen LogP contribution is -2.33. The minimum atomic E-state index is -0.703. The van der Waals surface area contributed by atoms with Crippen molar-refractivity contribution in [1.82, 2.24) is 0 Å². The van der Waals surface area contributed by atoms with Crippen LogP contribution in [0.5, 0.6) is 5.75 Å². The number of benzene rings is 1. The van der Waals surface area contributed by atoms with E-state index < -0.39 is 5.54 Å². The van der Waals surface area contributed by atoms with Crippen LogP contribution in [-0.4, -0.2) is 19.1 Å². The van der Waals surface area contributed by atoms with Gasteiger partial charge in [0.15, 0.2) is 0 Å². The summed E-state index contributed by atoms with van der Waals surface area (Å²) in [6.07, 6.45) is 3.95. The van der Waals surface area contributed by atoms with Crippen LogP contribution in [0.3, 0.4) is 0 Å². The zero-order valence-corrected chi connectivity index (χ0v) is 12.1. The molecule has 1 aromatic carbocycles. The molecule has 0 saturated heterocycles. The van der Waals surface area contributed by atoms with Crippen LogP contribution in [0, 0.1) is 0 Å². The van der Waals surface area contributed by atoms with Crippen molar-refractivity contribution in [3.8, 4) is 5.75 Å². The first-order chi connectivity index (χ1) is 9.54. The molecule has 0 unspecified atom stereocenters. The minimum absolute atomic E-state index is 0.239. The Morgan fingerprint density at radius 2 is 2.20 bits per heavy atom. The van der Waals surface area contributed by atoms with Crippen LogP contribution in [0.15, 0.2) is 17.1 Å². The molecule has 0 heterocycles. The molecule has 1 fully saturated rings. The molecule has 1 amide bonds. The molecular formula is C14H15ClN2O3. The fourth-order valence-electron chi connectivity index (χ4n) is 2.50. The van der Waals surface area contributed by atoms with Crippen molar-refractivity contribution in [1.29, 1.82) is 0 Å². The lowest BCUT2D eigenvalue weighted by Gasteiger charge is -2.39. The van der Waals surface area contributed by atoms with E-state index in [0.717, 1.165) is 6.42 Å². The zero-order valence-electron chi connectivity index (χ0n) is 11.3. The smallest absolute Gasteiger partial charge is 0.235 e. The molecule has 5 nitrogen and oxygen atoms in total. The maximum absolute atomic E-state index is 11.4. The molecule has 0 aliphatic heterocycles. The van der Waals surface area contributed by atoms with Gasteiger partial charge in [0.05, 0.1) is 12.8 Å². The Hall–Kier alpha value is -1.84. The number of hydrogen-bond acceptors (Lipinski definition) is 4. The molecule has 0 aromatic heterocycles. The second-order valence-electron chi connectivity index (χ2n) is 4.77. The maximum Gasteiger partial charge on any atom is 0.235 e. The Morgan fingerprint density at radius 3 is 2.65 bits per heavy atom. The van der Waals surface area contributed by atoms with Crippen molar-refractivity contribution in [2.75, 3.05) is 12.4 Å². The van der Waals surface area contributed by atoms with E-state index in [-0.39, 0.29) is 5.91 Å². The highest BCUT2D eigenvalue weighted by molar-refractivity contribution is 6.32. The van der Waals surface area contributed by atoms with Gasteiger partial charge in [0.1, 0.15) is 11.3 Å². The largest absolute Gasteiger partial charge is 0.495 e. The number of nitrogens with one attached hydrogen (secondary N) is 1. The number of rotatable bonds is 4. The van der Waals surface area contributed by atoms with Gasteiger partial charge in [-0.1, -0.05) is 11.6 Å². The number of nitrogens with zero attached hydrogens (tertiary/aromatic N) is 1. The predicted octanol–water partition coefficient (Wildman–Crippen LogP) is 3.02. The standard InChI is InChI=1S/C14H15ClN2O3/c1-9(19)17-13-11(20-2)5-4-10(15)12(13)14(16-8-18)6-3-7-14/h4-5H,3,6-7H2,1-2H3,(H,17,19). The minimum Gasteiger partial charge on any atom is -0.495 e. The summed E-state index contributed by atoms with van der Waals surface area (Å²) in [4.78, 5) is 26.1. The van der Waals surface area contributed by atoms with Gasteiger partial charge in [0.25, 0.3) is 0 Å². The van der Waals surface area contributed by atoms with E-state index in [1.807, 2.05) is 0 Å². The second kappa shape index (κ2) is 5.65. The molecule has 0 bridgehead atoms. The summed E-state index contributed by atoms with van der Waals surface area (Å²) in [6, 6.07) is 3.36. The molecule has 6 heteroatoms. The van der Waals surface area contributed by atoms with Crippen LogP contribution in [0.4, 0.5) is 5.69 Å². The number of methoxy groups -OCH3 is 1. The van der Waals surface area contributed by atoms with E-state index >= 15 is 0 Å². The number of halogens is 1. The first-order valence-electron chi connectivity index (χ1n) is 6.27. The third-order valence-electron chi connectivity index (χ3n) is 3.54. The predicted molar refractivity (Wildman–Crippen MR) is 76.0 cm³/mol. The molecule has 0 spiro atoms. The SMILES string of the molecule is COc1ccc(Cl)c(C2(N=C=O)CCC2)c1NC(C)=O. The normalized spacial score (nSPS) is 15.8. The molecule has 2 rings (SSSR count). The van der Waals surface area contributed by atoms with Crippen LogP contribution < -0.4 is 10.1 Å². The van der Waals surface area contributed by atoms with Crippen molar-refractivity contribution < 1.29 is 14.3 Å². The Balaban J connectivity index is 2.66. The average molecular weight is 295 g/mol. The third-order valence-corrected chi connectivity index (χ3v) is 3.86. The molecule has 0 radical (unpaired) electrons. The fourth-order valence-corrected chi connectivity index (χ4v) is 2.83. The number of amides is 1. The summed E-state index contributed by atoms with van der Waals surface area (Å²) < 4.78 is 5.27. The zero-order chi connectivity index (χ0) is 14.8. The number of ether oxygens (including phenoxy) is 1. The molecule has 1 N–H and O–H groups in total. The highest BCUT2D eigenvalue weighted by Crippen LogP contribution is 2.52. The van der Waals surface area contributed by atoms with Gasteiger partial charge in [0, 0.05) is 17.5 Å². The van der Waals surface area contributed by atoms with Gasteiger partial charge < -0.3 is 10.1 Å². The summed E-state index contributed by atoms with van der Waals surface area (Å²) in [5, 5.41) is 3.18. The molecule has 1 aromatic rings. The Labute approximate surface area is 122 Å². The molecule has 1 aliphatic rings. The van der Waals surface area contributed by atoms with Crippen molar-refractivity contribution in [3.05, 3.63) is 22.7 Å². The quantitative estimate of drug-likeness (QED) is 0.685. The summed E-state index contributed by atoms with van der Waals surface area (Å²) >= 11 is 6.28. The van der Waals surface area contributed by atoms with Crippen LogP contribution >= 0.6 is 11.6 Å².